The van der Waals surface area contributed by atoms with Gasteiger partial charge in [-0.2, -0.15) is 4.31 Å². The molecule has 31 heavy (non-hydrogen) atoms. The van der Waals surface area contributed by atoms with Gasteiger partial charge in [0.1, 0.15) is 0 Å². The number of benzene rings is 2. The maximum absolute atomic E-state index is 12.8. The average molecular weight is 445 g/mol. The summed E-state index contributed by atoms with van der Waals surface area (Å²) in [5, 5.41) is 5.56. The number of piperazine rings is 1. The molecule has 166 valence electrons. The van der Waals surface area contributed by atoms with Crippen molar-refractivity contribution in [3.05, 3.63) is 53.6 Å². The zero-order valence-electron chi connectivity index (χ0n) is 18.0. The molecule has 2 aromatic carbocycles. The maximum atomic E-state index is 12.8. The van der Waals surface area contributed by atoms with E-state index in [0.29, 0.717) is 37.6 Å². The second-order valence-electron chi connectivity index (χ2n) is 7.77. The average Bonchev–Trinajstić information content (AvgIpc) is 2.70. The van der Waals surface area contributed by atoms with Crippen LogP contribution in [0.1, 0.15) is 18.1 Å². The van der Waals surface area contributed by atoms with Crippen molar-refractivity contribution >= 4 is 33.2 Å². The van der Waals surface area contributed by atoms with Crippen molar-refractivity contribution in [1.82, 2.24) is 9.21 Å². The first-order chi connectivity index (χ1) is 14.6. The fraction of sp³-hybridized carbons (Fsp3) is 0.364. The van der Waals surface area contributed by atoms with Crippen molar-refractivity contribution in [3.8, 4) is 0 Å². The zero-order chi connectivity index (χ0) is 22.6. The molecule has 0 atom stereocenters. The lowest BCUT2D eigenvalue weighted by atomic mass is 10.2. The van der Waals surface area contributed by atoms with Crippen LogP contribution in [0.15, 0.2) is 47.4 Å². The molecule has 2 aromatic rings. The summed E-state index contributed by atoms with van der Waals surface area (Å²) in [5.74, 6) is -0.433. The zero-order valence-corrected chi connectivity index (χ0v) is 18.8. The van der Waals surface area contributed by atoms with Gasteiger partial charge in [0.15, 0.2) is 0 Å². The van der Waals surface area contributed by atoms with E-state index in [4.69, 9.17) is 0 Å². The first-order valence-corrected chi connectivity index (χ1v) is 11.6. The Kier molecular flexibility index (Phi) is 7.09. The molecule has 0 spiro atoms. The topological polar surface area (TPSA) is 98.8 Å². The predicted molar refractivity (Wildman–Crippen MR) is 120 cm³/mol. The molecular weight excluding hydrogens is 416 g/mol. The predicted octanol–water partition coefficient (Wildman–Crippen LogP) is 2.21. The highest BCUT2D eigenvalue weighted by molar-refractivity contribution is 7.89. The van der Waals surface area contributed by atoms with Crippen LogP contribution in [0.25, 0.3) is 0 Å². The Bertz CT molecular complexity index is 1060. The van der Waals surface area contributed by atoms with Crippen molar-refractivity contribution in [2.24, 2.45) is 0 Å². The Balaban J connectivity index is 1.58. The minimum atomic E-state index is -3.54. The minimum absolute atomic E-state index is 0.145. The van der Waals surface area contributed by atoms with Gasteiger partial charge in [0.2, 0.25) is 21.8 Å². The summed E-state index contributed by atoms with van der Waals surface area (Å²) in [6.07, 6.45) is 0. The van der Waals surface area contributed by atoms with E-state index in [1.807, 2.05) is 24.8 Å². The summed E-state index contributed by atoms with van der Waals surface area (Å²) in [7, 11) is -3.54. The lowest BCUT2D eigenvalue weighted by Crippen LogP contribution is -2.50. The van der Waals surface area contributed by atoms with Crippen LogP contribution in [0.3, 0.4) is 0 Å². The lowest BCUT2D eigenvalue weighted by molar-refractivity contribution is -0.117. The smallest absolute Gasteiger partial charge is 0.243 e. The number of aryl methyl sites for hydroxylation is 2. The van der Waals surface area contributed by atoms with E-state index in [0.717, 1.165) is 11.1 Å². The van der Waals surface area contributed by atoms with Crippen molar-refractivity contribution in [1.29, 1.82) is 0 Å². The second kappa shape index (κ2) is 9.59. The first-order valence-electron chi connectivity index (χ1n) is 10.1. The van der Waals surface area contributed by atoms with Crippen molar-refractivity contribution < 1.29 is 18.0 Å². The number of carbonyl (C=O) groups excluding carboxylic acids is 2. The van der Waals surface area contributed by atoms with Gasteiger partial charge >= 0.3 is 0 Å². The van der Waals surface area contributed by atoms with Crippen molar-refractivity contribution in [3.63, 3.8) is 0 Å². The van der Waals surface area contributed by atoms with E-state index in [9.17, 15) is 18.0 Å². The molecule has 8 nitrogen and oxygen atoms in total. The van der Waals surface area contributed by atoms with E-state index in [1.54, 1.807) is 36.4 Å². The Morgan fingerprint density at radius 3 is 2.10 bits per heavy atom. The number of hydrogen-bond acceptors (Lipinski definition) is 5. The maximum Gasteiger partial charge on any atom is 0.243 e. The SMILES string of the molecule is CC(=O)Nc1ccc(C)cc1NC(=O)CN1CCN(S(=O)(=O)c2ccc(C)cc2)CC1. The summed E-state index contributed by atoms with van der Waals surface area (Å²) in [6, 6.07) is 12.2. The molecule has 0 unspecified atom stereocenters. The molecular formula is C22H28N4O4S. The first kappa shape index (κ1) is 22.9. The molecule has 0 saturated carbocycles. The molecule has 1 heterocycles. The van der Waals surface area contributed by atoms with E-state index in [-0.39, 0.29) is 23.3 Å². The van der Waals surface area contributed by atoms with Gasteiger partial charge in [-0.05, 0) is 43.7 Å². The van der Waals surface area contributed by atoms with Gasteiger partial charge in [-0.1, -0.05) is 23.8 Å². The van der Waals surface area contributed by atoms with Gasteiger partial charge in [-0.3, -0.25) is 14.5 Å². The van der Waals surface area contributed by atoms with Crippen molar-refractivity contribution in [2.45, 2.75) is 25.7 Å². The Morgan fingerprint density at radius 1 is 0.871 bits per heavy atom. The highest BCUT2D eigenvalue weighted by Crippen LogP contribution is 2.23. The van der Waals surface area contributed by atoms with Crippen LogP contribution in [0.5, 0.6) is 0 Å². The van der Waals surface area contributed by atoms with Crippen LogP contribution in [-0.2, 0) is 19.6 Å². The monoisotopic (exact) mass is 444 g/mol. The number of nitrogens with zero attached hydrogens (tertiary/aromatic N) is 2. The summed E-state index contributed by atoms with van der Waals surface area (Å²) in [6.45, 7) is 6.95. The summed E-state index contributed by atoms with van der Waals surface area (Å²) in [5.41, 5.74) is 3.05. The molecule has 1 saturated heterocycles. The largest absolute Gasteiger partial charge is 0.325 e. The molecule has 0 aliphatic carbocycles. The number of nitrogens with one attached hydrogen (secondary N) is 2. The van der Waals surface area contributed by atoms with Crippen LogP contribution < -0.4 is 10.6 Å². The third-order valence-electron chi connectivity index (χ3n) is 5.12. The Labute approximate surface area is 183 Å². The summed E-state index contributed by atoms with van der Waals surface area (Å²) in [4.78, 5) is 26.2. The fourth-order valence-corrected chi connectivity index (χ4v) is 4.86. The second-order valence-corrected chi connectivity index (χ2v) is 9.71. The quantitative estimate of drug-likeness (QED) is 0.712. The summed E-state index contributed by atoms with van der Waals surface area (Å²) < 4.78 is 27.1. The molecule has 0 aromatic heterocycles. The third-order valence-corrected chi connectivity index (χ3v) is 7.03. The number of carbonyl (C=O) groups is 2. The van der Waals surface area contributed by atoms with Gasteiger partial charge in [0.25, 0.3) is 0 Å². The molecule has 0 bridgehead atoms. The minimum Gasteiger partial charge on any atom is -0.325 e. The number of hydrogen-bond donors (Lipinski definition) is 2. The molecule has 9 heteroatoms. The Hall–Kier alpha value is -2.75. The van der Waals surface area contributed by atoms with Gasteiger partial charge in [0, 0.05) is 33.1 Å². The fourth-order valence-electron chi connectivity index (χ4n) is 3.44. The van der Waals surface area contributed by atoms with E-state index in [2.05, 4.69) is 10.6 Å². The molecule has 2 amide bonds. The van der Waals surface area contributed by atoms with E-state index in [1.165, 1.54) is 11.2 Å². The van der Waals surface area contributed by atoms with Crippen molar-refractivity contribution in [2.75, 3.05) is 43.4 Å². The number of amides is 2. The van der Waals surface area contributed by atoms with Crippen LogP contribution in [-0.4, -0.2) is 62.2 Å². The Morgan fingerprint density at radius 2 is 1.48 bits per heavy atom. The molecule has 0 radical (unpaired) electrons. The molecule has 2 N–H and O–H groups in total. The van der Waals surface area contributed by atoms with Crippen LogP contribution >= 0.6 is 0 Å². The van der Waals surface area contributed by atoms with Crippen LogP contribution in [0.4, 0.5) is 11.4 Å². The lowest BCUT2D eigenvalue weighted by Gasteiger charge is -2.33. The number of anilines is 2. The van der Waals surface area contributed by atoms with Gasteiger partial charge in [-0.25, -0.2) is 8.42 Å². The van der Waals surface area contributed by atoms with Gasteiger partial charge in [-0.15, -0.1) is 0 Å². The van der Waals surface area contributed by atoms with Gasteiger partial charge in [0.05, 0.1) is 22.8 Å². The normalized spacial score (nSPS) is 15.5. The molecule has 1 aliphatic rings. The van der Waals surface area contributed by atoms with Crippen LogP contribution in [0, 0.1) is 13.8 Å². The van der Waals surface area contributed by atoms with Crippen LogP contribution in [0.2, 0.25) is 0 Å². The highest BCUT2D eigenvalue weighted by Gasteiger charge is 2.29. The third kappa shape index (κ3) is 5.90. The summed E-state index contributed by atoms with van der Waals surface area (Å²) >= 11 is 0. The van der Waals surface area contributed by atoms with E-state index < -0.39 is 10.0 Å². The molecule has 1 fully saturated rings. The molecule has 1 aliphatic heterocycles. The number of sulfonamides is 1. The standard InChI is InChI=1S/C22H28N4O4S/c1-16-4-7-19(8-5-16)31(29,30)26-12-10-25(11-13-26)15-22(28)24-21-14-17(2)6-9-20(21)23-18(3)27/h4-9,14H,10-13,15H2,1-3H3,(H,23,27)(H,24,28). The highest BCUT2D eigenvalue weighted by atomic mass is 32.2. The van der Waals surface area contributed by atoms with Gasteiger partial charge < -0.3 is 10.6 Å². The van der Waals surface area contributed by atoms with E-state index >= 15 is 0 Å². The molecule has 3 rings (SSSR count). The number of rotatable bonds is 6.